The number of fused-ring (bicyclic) bond motifs is 2. The number of methoxy groups -OCH3 is 1. The predicted octanol–water partition coefficient (Wildman–Crippen LogP) is 3.15. The molecule has 2 aliphatic heterocycles. The fourth-order valence-corrected chi connectivity index (χ4v) is 4.32. The van der Waals surface area contributed by atoms with Crippen LogP contribution in [0.25, 0.3) is 5.57 Å². The molecule has 2 amide bonds. The maximum atomic E-state index is 14.2. The second-order valence-electron chi connectivity index (χ2n) is 7.38. The second kappa shape index (κ2) is 7.83. The second-order valence-corrected chi connectivity index (χ2v) is 7.38. The van der Waals surface area contributed by atoms with E-state index in [2.05, 4.69) is 6.58 Å². The summed E-state index contributed by atoms with van der Waals surface area (Å²) in [6.45, 7) is 4.68. The van der Waals surface area contributed by atoms with E-state index in [9.17, 15) is 14.0 Å². The van der Waals surface area contributed by atoms with Gasteiger partial charge in [-0.05, 0) is 53.8 Å². The quantitative estimate of drug-likeness (QED) is 0.776. The third-order valence-corrected chi connectivity index (χ3v) is 5.63. The van der Waals surface area contributed by atoms with Crippen LogP contribution in [-0.2, 0) is 20.9 Å². The number of carbonyl (C=O) groups is 2. The smallest absolute Gasteiger partial charge is 0.250 e. The summed E-state index contributed by atoms with van der Waals surface area (Å²) in [6, 6.07) is 6.69. The van der Waals surface area contributed by atoms with Gasteiger partial charge in [0.2, 0.25) is 5.91 Å². The molecule has 1 aromatic heterocycles. The number of ether oxygens (including phenoxy) is 1. The molecule has 1 fully saturated rings. The Kier molecular flexibility index (Phi) is 5.24. The number of benzene rings is 1. The zero-order valence-corrected chi connectivity index (χ0v) is 16.3. The van der Waals surface area contributed by atoms with Crippen molar-refractivity contribution in [1.82, 2.24) is 9.80 Å². The Morgan fingerprint density at radius 2 is 2.24 bits per heavy atom. The molecule has 1 aromatic carbocycles. The maximum absolute atomic E-state index is 14.2. The third-order valence-electron chi connectivity index (χ3n) is 5.63. The van der Waals surface area contributed by atoms with E-state index < -0.39 is 11.9 Å². The van der Waals surface area contributed by atoms with Crippen molar-refractivity contribution in [3.8, 4) is 0 Å². The molecule has 0 aliphatic carbocycles. The number of rotatable bonds is 5. The molecule has 0 bridgehead atoms. The Hall–Kier alpha value is -2.93. The van der Waals surface area contributed by atoms with Gasteiger partial charge in [-0.15, -0.1) is 0 Å². The zero-order valence-electron chi connectivity index (χ0n) is 16.3. The number of furan rings is 1. The minimum absolute atomic E-state index is 0.0759. The number of amides is 2. The molecule has 6 nitrogen and oxygen atoms in total. The number of hydrogen-bond donors (Lipinski definition) is 0. The summed E-state index contributed by atoms with van der Waals surface area (Å²) >= 11 is 0. The van der Waals surface area contributed by atoms with E-state index in [4.69, 9.17) is 9.15 Å². The molecule has 152 valence electrons. The molecule has 2 aliphatic rings. The minimum atomic E-state index is -0.978. The highest BCUT2D eigenvalue weighted by Gasteiger charge is 2.44. The van der Waals surface area contributed by atoms with Crippen molar-refractivity contribution in [3.63, 3.8) is 0 Å². The molecule has 4 rings (SSSR count). The van der Waals surface area contributed by atoms with Gasteiger partial charge in [0, 0.05) is 13.7 Å². The number of nitrogens with zero attached hydrogens (tertiary/aromatic N) is 2. The molecule has 3 heterocycles. The van der Waals surface area contributed by atoms with Gasteiger partial charge in [-0.1, -0.05) is 12.6 Å². The largest absolute Gasteiger partial charge is 0.467 e. The van der Waals surface area contributed by atoms with Gasteiger partial charge in [0.05, 0.1) is 18.8 Å². The molecule has 7 heteroatoms. The lowest BCUT2D eigenvalue weighted by Gasteiger charge is -2.33. The van der Waals surface area contributed by atoms with Gasteiger partial charge in [0.15, 0.2) is 0 Å². The van der Waals surface area contributed by atoms with E-state index in [0.29, 0.717) is 23.4 Å². The van der Waals surface area contributed by atoms with Crippen molar-refractivity contribution in [2.24, 2.45) is 0 Å². The fraction of sp³-hybridized carbons (Fsp3) is 0.364. The van der Waals surface area contributed by atoms with Gasteiger partial charge < -0.3 is 19.0 Å². The third kappa shape index (κ3) is 3.46. The van der Waals surface area contributed by atoms with E-state index in [1.807, 2.05) is 0 Å². The SMILES string of the molecule is C=C1c2ccc(F)cc2[C@H](N(Cc2ccco2)C(=O)COC)C(=O)N2CCC[C@H]12. The van der Waals surface area contributed by atoms with E-state index in [1.54, 1.807) is 23.1 Å². The first-order valence-corrected chi connectivity index (χ1v) is 9.61. The van der Waals surface area contributed by atoms with Crippen LogP contribution in [0.3, 0.4) is 0 Å². The monoisotopic (exact) mass is 398 g/mol. The summed E-state index contributed by atoms with van der Waals surface area (Å²) in [5, 5.41) is 0. The Balaban J connectivity index is 1.85. The van der Waals surface area contributed by atoms with Gasteiger partial charge in [-0.3, -0.25) is 9.59 Å². The van der Waals surface area contributed by atoms with Crippen LogP contribution >= 0.6 is 0 Å². The lowest BCUT2D eigenvalue weighted by atomic mass is 9.92. The lowest BCUT2D eigenvalue weighted by Crippen LogP contribution is -2.46. The number of hydrogen-bond acceptors (Lipinski definition) is 4. The highest BCUT2D eigenvalue weighted by molar-refractivity contribution is 5.94. The van der Waals surface area contributed by atoms with Gasteiger partial charge in [-0.25, -0.2) is 4.39 Å². The summed E-state index contributed by atoms with van der Waals surface area (Å²) < 4.78 is 24.7. The summed E-state index contributed by atoms with van der Waals surface area (Å²) in [4.78, 5) is 29.8. The number of carbonyl (C=O) groups excluding carboxylic acids is 2. The van der Waals surface area contributed by atoms with Crippen LogP contribution in [-0.4, -0.2) is 47.9 Å². The van der Waals surface area contributed by atoms with Crippen molar-refractivity contribution in [2.45, 2.75) is 31.5 Å². The van der Waals surface area contributed by atoms with E-state index in [1.165, 1.54) is 30.4 Å². The lowest BCUT2D eigenvalue weighted by molar-refractivity contribution is -0.149. The topological polar surface area (TPSA) is 63.0 Å². The fourth-order valence-electron chi connectivity index (χ4n) is 4.32. The van der Waals surface area contributed by atoms with E-state index >= 15 is 0 Å². The van der Waals surface area contributed by atoms with Crippen molar-refractivity contribution >= 4 is 17.4 Å². The summed E-state index contributed by atoms with van der Waals surface area (Å²) in [7, 11) is 1.42. The van der Waals surface area contributed by atoms with Crippen molar-refractivity contribution in [3.05, 3.63) is 65.9 Å². The van der Waals surface area contributed by atoms with Crippen LogP contribution in [0.4, 0.5) is 4.39 Å². The highest BCUT2D eigenvalue weighted by atomic mass is 19.1. The summed E-state index contributed by atoms with van der Waals surface area (Å²) in [6.07, 6.45) is 3.18. The Bertz CT molecular complexity index is 940. The zero-order chi connectivity index (χ0) is 20.5. The summed E-state index contributed by atoms with van der Waals surface area (Å²) in [5.74, 6) is -0.537. The highest BCUT2D eigenvalue weighted by Crippen LogP contribution is 2.41. The molecule has 2 aromatic rings. The van der Waals surface area contributed by atoms with Crippen LogP contribution in [0.2, 0.25) is 0 Å². The van der Waals surface area contributed by atoms with Crippen LogP contribution < -0.4 is 0 Å². The van der Waals surface area contributed by atoms with Crippen molar-refractivity contribution in [1.29, 1.82) is 0 Å². The van der Waals surface area contributed by atoms with Crippen LogP contribution in [0.5, 0.6) is 0 Å². The Morgan fingerprint density at radius 3 is 2.97 bits per heavy atom. The predicted molar refractivity (Wildman–Crippen MR) is 104 cm³/mol. The van der Waals surface area contributed by atoms with Gasteiger partial charge >= 0.3 is 0 Å². The normalized spacial score (nSPS) is 21.0. The standard InChI is InChI=1S/C22H23FN2O4/c1-14-17-8-7-15(23)11-18(17)21(22(27)24-9-3-6-19(14)24)25(20(26)13-28-2)12-16-5-4-10-29-16/h4-5,7-8,10-11,19,21H,1,3,6,9,12-13H2,2H3/t19-,21+/m1/s1. The molecule has 29 heavy (non-hydrogen) atoms. The average molecular weight is 398 g/mol. The molecular formula is C22H23FN2O4. The number of halogens is 1. The van der Waals surface area contributed by atoms with Crippen LogP contribution in [0, 0.1) is 5.82 Å². The minimum Gasteiger partial charge on any atom is -0.467 e. The molecule has 0 spiro atoms. The maximum Gasteiger partial charge on any atom is 0.250 e. The Labute approximate surface area is 168 Å². The van der Waals surface area contributed by atoms with Gasteiger partial charge in [-0.2, -0.15) is 0 Å². The van der Waals surface area contributed by atoms with Crippen LogP contribution in [0.1, 0.15) is 35.8 Å². The first kappa shape index (κ1) is 19.4. The molecule has 0 N–H and O–H groups in total. The molecule has 0 saturated carbocycles. The molecule has 1 saturated heterocycles. The van der Waals surface area contributed by atoms with Crippen molar-refractivity contribution in [2.75, 3.05) is 20.3 Å². The van der Waals surface area contributed by atoms with Gasteiger partial charge in [0.1, 0.15) is 24.2 Å². The molecule has 0 unspecified atom stereocenters. The first-order valence-electron chi connectivity index (χ1n) is 9.61. The molecule has 2 atom stereocenters. The van der Waals surface area contributed by atoms with E-state index in [0.717, 1.165) is 18.4 Å². The average Bonchev–Trinajstić information content (AvgIpc) is 3.37. The molecular weight excluding hydrogens is 375 g/mol. The van der Waals surface area contributed by atoms with E-state index in [-0.39, 0.29) is 31.0 Å². The van der Waals surface area contributed by atoms with Gasteiger partial charge in [0.25, 0.3) is 5.91 Å². The van der Waals surface area contributed by atoms with Crippen LogP contribution in [0.15, 0.2) is 47.6 Å². The molecule has 0 radical (unpaired) electrons. The van der Waals surface area contributed by atoms with Crippen molar-refractivity contribution < 1.29 is 23.1 Å². The summed E-state index contributed by atoms with van der Waals surface area (Å²) in [5.41, 5.74) is 1.95. The Morgan fingerprint density at radius 1 is 1.41 bits per heavy atom. The first-order chi connectivity index (χ1) is 14.0.